The predicted molar refractivity (Wildman–Crippen MR) is 75.7 cm³/mol. The lowest BCUT2D eigenvalue weighted by Crippen LogP contribution is -2.41. The van der Waals surface area contributed by atoms with E-state index in [-0.39, 0.29) is 5.91 Å². The van der Waals surface area contributed by atoms with Crippen LogP contribution in [0.1, 0.15) is 11.5 Å². The summed E-state index contributed by atoms with van der Waals surface area (Å²) in [5.74, 6) is 1.40. The molecule has 1 aliphatic heterocycles. The van der Waals surface area contributed by atoms with Crippen LogP contribution < -0.4 is 0 Å². The van der Waals surface area contributed by atoms with E-state index in [4.69, 9.17) is 9.15 Å². The third-order valence-corrected chi connectivity index (χ3v) is 4.16. The molecule has 0 atom stereocenters. The predicted octanol–water partition coefficient (Wildman–Crippen LogP) is 2.11. The number of morpholine rings is 1. The highest BCUT2D eigenvalue weighted by molar-refractivity contribution is 7.13. The first-order valence-electron chi connectivity index (χ1n) is 6.60. The number of rotatable bonds is 3. The van der Waals surface area contributed by atoms with Crippen LogP contribution in [-0.4, -0.2) is 42.1 Å². The zero-order valence-electron chi connectivity index (χ0n) is 11.3. The number of amides is 1. The molecule has 2 aromatic rings. The lowest BCUT2D eigenvalue weighted by molar-refractivity contribution is -0.134. The highest BCUT2D eigenvalue weighted by Gasteiger charge is 2.20. The van der Waals surface area contributed by atoms with E-state index in [1.807, 2.05) is 29.3 Å². The summed E-state index contributed by atoms with van der Waals surface area (Å²) in [5.41, 5.74) is 0.727. The summed E-state index contributed by atoms with van der Waals surface area (Å²) in [6, 6.07) is 3.92. The van der Waals surface area contributed by atoms with Crippen LogP contribution in [0.4, 0.5) is 0 Å². The standard InChI is InChI=1S/C14H16N2O3S/c1-10-11(9-13(17)16-4-6-18-7-5-16)15-14(19-10)12-3-2-8-20-12/h2-3,8H,4-7,9H2,1H3. The SMILES string of the molecule is Cc1oc(-c2cccs2)nc1CC(=O)N1CCOCC1. The molecule has 1 aliphatic rings. The molecule has 6 heteroatoms. The molecule has 3 rings (SSSR count). The van der Waals surface area contributed by atoms with E-state index < -0.39 is 0 Å². The maximum Gasteiger partial charge on any atom is 0.236 e. The average Bonchev–Trinajstić information content (AvgIpc) is 3.10. The molecule has 1 amide bonds. The van der Waals surface area contributed by atoms with Gasteiger partial charge in [0.15, 0.2) is 0 Å². The van der Waals surface area contributed by atoms with E-state index in [1.54, 1.807) is 11.3 Å². The van der Waals surface area contributed by atoms with Crippen LogP contribution in [0.5, 0.6) is 0 Å². The van der Waals surface area contributed by atoms with E-state index in [0.717, 1.165) is 16.3 Å². The second-order valence-corrected chi connectivity index (χ2v) is 5.62. The Balaban J connectivity index is 1.72. The largest absolute Gasteiger partial charge is 0.440 e. The van der Waals surface area contributed by atoms with Gasteiger partial charge in [-0.2, -0.15) is 0 Å². The van der Waals surface area contributed by atoms with E-state index in [2.05, 4.69) is 4.98 Å². The van der Waals surface area contributed by atoms with Gasteiger partial charge in [0.1, 0.15) is 5.76 Å². The molecule has 0 unspecified atom stereocenters. The fraction of sp³-hybridized carbons (Fsp3) is 0.429. The van der Waals surface area contributed by atoms with Gasteiger partial charge in [0, 0.05) is 13.1 Å². The smallest absolute Gasteiger partial charge is 0.236 e. The van der Waals surface area contributed by atoms with Crippen molar-refractivity contribution in [2.45, 2.75) is 13.3 Å². The van der Waals surface area contributed by atoms with Gasteiger partial charge < -0.3 is 14.1 Å². The van der Waals surface area contributed by atoms with Crippen molar-refractivity contribution in [2.24, 2.45) is 0 Å². The number of ether oxygens (including phenoxy) is 1. The Labute approximate surface area is 121 Å². The molecule has 3 heterocycles. The normalized spacial score (nSPS) is 15.6. The molecule has 106 valence electrons. The lowest BCUT2D eigenvalue weighted by Gasteiger charge is -2.26. The van der Waals surface area contributed by atoms with E-state index in [1.165, 1.54) is 0 Å². The Morgan fingerprint density at radius 2 is 2.25 bits per heavy atom. The van der Waals surface area contributed by atoms with Crippen molar-refractivity contribution in [3.8, 4) is 10.8 Å². The number of carbonyl (C=O) groups excluding carboxylic acids is 1. The number of hydrogen-bond acceptors (Lipinski definition) is 5. The van der Waals surface area contributed by atoms with E-state index in [9.17, 15) is 4.79 Å². The van der Waals surface area contributed by atoms with Crippen LogP contribution in [0.2, 0.25) is 0 Å². The highest BCUT2D eigenvalue weighted by Crippen LogP contribution is 2.26. The average molecular weight is 292 g/mol. The zero-order valence-corrected chi connectivity index (χ0v) is 12.1. The van der Waals surface area contributed by atoms with Gasteiger partial charge in [0.2, 0.25) is 11.8 Å². The number of thiophene rings is 1. The van der Waals surface area contributed by atoms with Crippen molar-refractivity contribution in [3.63, 3.8) is 0 Å². The van der Waals surface area contributed by atoms with Crippen molar-refractivity contribution >= 4 is 17.2 Å². The molecule has 1 fully saturated rings. The topological polar surface area (TPSA) is 55.6 Å². The first-order chi connectivity index (χ1) is 9.74. The number of carbonyl (C=O) groups is 1. The quantitative estimate of drug-likeness (QED) is 0.869. The molecule has 0 N–H and O–H groups in total. The fourth-order valence-corrected chi connectivity index (χ4v) is 2.81. The summed E-state index contributed by atoms with van der Waals surface area (Å²) in [5, 5.41) is 1.98. The van der Waals surface area contributed by atoms with Crippen molar-refractivity contribution in [3.05, 3.63) is 29.0 Å². The molecule has 1 saturated heterocycles. The van der Waals surface area contributed by atoms with Gasteiger partial charge in [0.05, 0.1) is 30.2 Å². The Bertz CT molecular complexity index is 586. The van der Waals surface area contributed by atoms with Crippen molar-refractivity contribution in [1.82, 2.24) is 9.88 Å². The Morgan fingerprint density at radius 3 is 2.95 bits per heavy atom. The third kappa shape index (κ3) is 2.76. The minimum atomic E-state index is 0.0856. The summed E-state index contributed by atoms with van der Waals surface area (Å²) in [7, 11) is 0. The Morgan fingerprint density at radius 1 is 1.45 bits per heavy atom. The zero-order chi connectivity index (χ0) is 13.9. The molecule has 2 aromatic heterocycles. The van der Waals surface area contributed by atoms with Gasteiger partial charge in [-0.1, -0.05) is 6.07 Å². The number of oxazole rings is 1. The van der Waals surface area contributed by atoms with Crippen molar-refractivity contribution in [2.75, 3.05) is 26.3 Å². The number of hydrogen-bond donors (Lipinski definition) is 0. The van der Waals surface area contributed by atoms with Crippen molar-refractivity contribution in [1.29, 1.82) is 0 Å². The minimum absolute atomic E-state index is 0.0856. The molecule has 0 bridgehead atoms. The number of aromatic nitrogens is 1. The van der Waals surface area contributed by atoms with E-state index >= 15 is 0 Å². The molecule has 0 aromatic carbocycles. The lowest BCUT2D eigenvalue weighted by atomic mass is 10.2. The molecular formula is C14H16N2O3S. The van der Waals surface area contributed by atoms with Gasteiger partial charge >= 0.3 is 0 Å². The molecule has 0 saturated carbocycles. The first-order valence-corrected chi connectivity index (χ1v) is 7.47. The van der Waals surface area contributed by atoms with Gasteiger partial charge in [-0.3, -0.25) is 4.79 Å². The van der Waals surface area contributed by atoms with Crippen LogP contribution in [0.3, 0.4) is 0 Å². The maximum absolute atomic E-state index is 12.2. The van der Waals surface area contributed by atoms with Crippen LogP contribution in [0.25, 0.3) is 10.8 Å². The molecule has 0 spiro atoms. The van der Waals surface area contributed by atoms with Crippen LogP contribution in [0.15, 0.2) is 21.9 Å². The maximum atomic E-state index is 12.2. The van der Waals surface area contributed by atoms with Gasteiger partial charge in [-0.15, -0.1) is 11.3 Å². The fourth-order valence-electron chi connectivity index (χ4n) is 2.17. The molecule has 0 aliphatic carbocycles. The first kappa shape index (κ1) is 13.3. The number of nitrogens with zero attached hydrogens (tertiary/aromatic N) is 2. The second-order valence-electron chi connectivity index (χ2n) is 4.67. The second kappa shape index (κ2) is 5.76. The molecule has 5 nitrogen and oxygen atoms in total. The van der Waals surface area contributed by atoms with E-state index in [0.29, 0.717) is 38.6 Å². The Hall–Kier alpha value is -1.66. The Kier molecular flexibility index (Phi) is 3.84. The number of aryl methyl sites for hydroxylation is 1. The monoisotopic (exact) mass is 292 g/mol. The highest BCUT2D eigenvalue weighted by atomic mass is 32.1. The van der Waals surface area contributed by atoms with Gasteiger partial charge in [-0.25, -0.2) is 4.98 Å². The third-order valence-electron chi connectivity index (χ3n) is 3.31. The summed E-state index contributed by atoms with van der Waals surface area (Å²) in [4.78, 5) is 19.5. The van der Waals surface area contributed by atoms with Crippen LogP contribution >= 0.6 is 11.3 Å². The molecule has 20 heavy (non-hydrogen) atoms. The summed E-state index contributed by atoms with van der Waals surface area (Å²) in [6.45, 7) is 4.40. The minimum Gasteiger partial charge on any atom is -0.440 e. The van der Waals surface area contributed by atoms with Crippen molar-refractivity contribution < 1.29 is 13.9 Å². The molecular weight excluding hydrogens is 276 g/mol. The summed E-state index contributed by atoms with van der Waals surface area (Å²) in [6.07, 6.45) is 0.292. The summed E-state index contributed by atoms with van der Waals surface area (Å²) >= 11 is 1.58. The summed E-state index contributed by atoms with van der Waals surface area (Å²) < 4.78 is 10.9. The van der Waals surface area contributed by atoms with Gasteiger partial charge in [0.25, 0.3) is 0 Å². The van der Waals surface area contributed by atoms with Crippen LogP contribution in [0, 0.1) is 6.92 Å². The van der Waals surface area contributed by atoms with Gasteiger partial charge in [-0.05, 0) is 18.4 Å². The molecule has 0 radical (unpaired) electrons. The van der Waals surface area contributed by atoms with Crippen LogP contribution in [-0.2, 0) is 16.0 Å².